The van der Waals surface area contributed by atoms with Gasteiger partial charge in [0.2, 0.25) is 0 Å². The van der Waals surface area contributed by atoms with E-state index in [1.54, 1.807) is 0 Å². The summed E-state index contributed by atoms with van der Waals surface area (Å²) < 4.78 is 2.20. The van der Waals surface area contributed by atoms with Crippen molar-refractivity contribution in [2.75, 3.05) is 19.6 Å². The highest BCUT2D eigenvalue weighted by atomic mass is 127. The Morgan fingerprint density at radius 1 is 1.20 bits per heavy atom. The zero-order valence-electron chi connectivity index (χ0n) is 18.4. The van der Waals surface area contributed by atoms with Gasteiger partial charge in [-0.1, -0.05) is 19.9 Å². The lowest BCUT2D eigenvalue weighted by Crippen LogP contribution is -2.48. The van der Waals surface area contributed by atoms with Gasteiger partial charge in [0.05, 0.1) is 5.69 Å². The Morgan fingerprint density at radius 3 is 2.67 bits per heavy atom. The predicted octanol–water partition coefficient (Wildman–Crippen LogP) is 3.27. The second kappa shape index (κ2) is 12.9. The summed E-state index contributed by atoms with van der Waals surface area (Å²) in [5.74, 6) is 2.49. The van der Waals surface area contributed by atoms with Crippen LogP contribution in [0.5, 0.6) is 0 Å². The van der Waals surface area contributed by atoms with Crippen molar-refractivity contribution in [2.24, 2.45) is 10.9 Å². The molecule has 0 radical (unpaired) electrons. The summed E-state index contributed by atoms with van der Waals surface area (Å²) in [7, 11) is 0. The summed E-state index contributed by atoms with van der Waals surface area (Å²) in [6, 6.07) is 6.57. The van der Waals surface area contributed by atoms with E-state index in [1.165, 1.54) is 0 Å². The molecule has 7 nitrogen and oxygen atoms in total. The molecule has 0 unspecified atom stereocenters. The van der Waals surface area contributed by atoms with Gasteiger partial charge in [0.1, 0.15) is 12.4 Å². The molecule has 8 heteroatoms. The van der Waals surface area contributed by atoms with Crippen LogP contribution in [0.1, 0.15) is 45.1 Å². The molecule has 30 heavy (non-hydrogen) atoms. The first-order chi connectivity index (χ1) is 14.1. The molecule has 1 saturated heterocycles. The van der Waals surface area contributed by atoms with Crippen molar-refractivity contribution in [3.63, 3.8) is 0 Å². The second-order valence-electron chi connectivity index (χ2n) is 8.10. The van der Waals surface area contributed by atoms with Crippen LogP contribution in [0.4, 0.5) is 0 Å². The molecule has 1 aliphatic heterocycles. The van der Waals surface area contributed by atoms with Crippen molar-refractivity contribution in [1.82, 2.24) is 30.1 Å². The fraction of sp³-hybridized carbons (Fsp3) is 0.591. The minimum Gasteiger partial charge on any atom is -0.357 e. The van der Waals surface area contributed by atoms with Crippen LogP contribution in [0.25, 0.3) is 0 Å². The van der Waals surface area contributed by atoms with Crippen LogP contribution in [-0.4, -0.2) is 51.1 Å². The minimum absolute atomic E-state index is 0. The Balaban J connectivity index is 0.00000320. The molecule has 0 saturated carbocycles. The normalized spacial score (nSPS) is 15.8. The average Bonchev–Trinajstić information content (AvgIpc) is 3.15. The van der Waals surface area contributed by atoms with E-state index in [0.29, 0.717) is 18.5 Å². The maximum absolute atomic E-state index is 4.79. The highest BCUT2D eigenvalue weighted by molar-refractivity contribution is 14.0. The molecule has 166 valence electrons. The van der Waals surface area contributed by atoms with Gasteiger partial charge in [-0.05, 0) is 37.8 Å². The van der Waals surface area contributed by atoms with Crippen molar-refractivity contribution in [1.29, 1.82) is 0 Å². The Bertz CT molecular complexity index is 752. The molecule has 0 atom stereocenters. The fourth-order valence-corrected chi connectivity index (χ4v) is 3.67. The number of nitrogens with zero attached hydrogens (tertiary/aromatic N) is 5. The van der Waals surface area contributed by atoms with Gasteiger partial charge in [0.25, 0.3) is 0 Å². The zero-order chi connectivity index (χ0) is 20.5. The Kier molecular flexibility index (Phi) is 10.6. The quantitative estimate of drug-likeness (QED) is 0.315. The van der Waals surface area contributed by atoms with E-state index in [2.05, 4.69) is 63.0 Å². The van der Waals surface area contributed by atoms with Crippen LogP contribution in [0.3, 0.4) is 0 Å². The number of imidazole rings is 1. The Hall–Kier alpha value is -1.68. The summed E-state index contributed by atoms with van der Waals surface area (Å²) in [4.78, 5) is 16.2. The van der Waals surface area contributed by atoms with E-state index < -0.39 is 0 Å². The Labute approximate surface area is 197 Å². The minimum atomic E-state index is 0. The number of guanidine groups is 1. The van der Waals surface area contributed by atoms with Crippen molar-refractivity contribution in [3.8, 4) is 0 Å². The highest BCUT2D eigenvalue weighted by Gasteiger charge is 2.20. The summed E-state index contributed by atoms with van der Waals surface area (Å²) >= 11 is 0. The van der Waals surface area contributed by atoms with Crippen LogP contribution in [0, 0.1) is 5.92 Å². The van der Waals surface area contributed by atoms with Crippen molar-refractivity contribution < 1.29 is 0 Å². The van der Waals surface area contributed by atoms with E-state index >= 15 is 0 Å². The maximum Gasteiger partial charge on any atom is 0.191 e. The number of hydrogen-bond acceptors (Lipinski definition) is 4. The summed E-state index contributed by atoms with van der Waals surface area (Å²) in [5, 5.41) is 7.01. The van der Waals surface area contributed by atoms with E-state index in [0.717, 1.165) is 63.0 Å². The fourth-order valence-electron chi connectivity index (χ4n) is 3.67. The summed E-state index contributed by atoms with van der Waals surface area (Å²) in [5.41, 5.74) is 1.14. The van der Waals surface area contributed by atoms with Gasteiger partial charge >= 0.3 is 0 Å². The first kappa shape index (κ1) is 24.6. The summed E-state index contributed by atoms with van der Waals surface area (Å²) in [6.45, 7) is 12.0. The number of rotatable bonds is 8. The lowest BCUT2D eigenvalue weighted by atomic mass is 10.0. The highest BCUT2D eigenvalue weighted by Crippen LogP contribution is 2.13. The van der Waals surface area contributed by atoms with Gasteiger partial charge in [-0.15, -0.1) is 24.0 Å². The first-order valence-corrected chi connectivity index (χ1v) is 10.8. The average molecular weight is 525 g/mol. The molecule has 0 spiro atoms. The molecular weight excluding hydrogens is 489 g/mol. The molecule has 0 amide bonds. The van der Waals surface area contributed by atoms with E-state index in [4.69, 9.17) is 4.99 Å². The molecule has 0 aliphatic carbocycles. The van der Waals surface area contributed by atoms with Crippen LogP contribution < -0.4 is 10.6 Å². The lowest BCUT2D eigenvalue weighted by molar-refractivity contribution is 0.196. The van der Waals surface area contributed by atoms with Crippen LogP contribution in [0.2, 0.25) is 0 Å². The van der Waals surface area contributed by atoms with Gasteiger partial charge in [0.15, 0.2) is 5.96 Å². The standard InChI is InChI=1S/C22H35N7.HI/c1-4-23-22(26-15-21-25-11-14-29(21)16-18(2)3)27-19-8-12-28(13-9-19)17-20-7-5-6-10-24-20;/h5-7,10-11,14,18-19H,4,8-9,12-13,15-17H2,1-3H3,(H2,23,26,27);1H. The monoisotopic (exact) mass is 525 g/mol. The van der Waals surface area contributed by atoms with E-state index in [9.17, 15) is 0 Å². The molecule has 2 aromatic rings. The van der Waals surface area contributed by atoms with Gasteiger partial charge in [-0.25, -0.2) is 9.98 Å². The van der Waals surface area contributed by atoms with Crippen molar-refractivity contribution >= 4 is 29.9 Å². The van der Waals surface area contributed by atoms with Crippen LogP contribution in [0.15, 0.2) is 41.8 Å². The van der Waals surface area contributed by atoms with Crippen molar-refractivity contribution in [3.05, 3.63) is 48.3 Å². The van der Waals surface area contributed by atoms with Gasteiger partial charge in [-0.3, -0.25) is 9.88 Å². The first-order valence-electron chi connectivity index (χ1n) is 10.8. The second-order valence-corrected chi connectivity index (χ2v) is 8.10. The predicted molar refractivity (Wildman–Crippen MR) is 133 cm³/mol. The smallest absolute Gasteiger partial charge is 0.191 e. The Morgan fingerprint density at radius 2 is 2.00 bits per heavy atom. The molecular formula is C22H36IN7. The number of aliphatic imine (C=N–C) groups is 1. The molecule has 2 N–H and O–H groups in total. The topological polar surface area (TPSA) is 70.4 Å². The third-order valence-electron chi connectivity index (χ3n) is 5.13. The van der Waals surface area contributed by atoms with Crippen LogP contribution in [-0.2, 0) is 19.6 Å². The number of halogens is 1. The third-order valence-corrected chi connectivity index (χ3v) is 5.13. The van der Waals surface area contributed by atoms with Gasteiger partial charge in [0, 0.05) is 57.4 Å². The van der Waals surface area contributed by atoms with E-state index in [1.807, 2.05) is 24.7 Å². The number of likely N-dealkylation sites (tertiary alicyclic amines) is 1. The zero-order valence-corrected chi connectivity index (χ0v) is 20.8. The molecule has 0 aromatic carbocycles. The molecule has 0 bridgehead atoms. The number of nitrogens with one attached hydrogen (secondary N) is 2. The summed E-state index contributed by atoms with van der Waals surface area (Å²) in [6.07, 6.45) is 8.00. The number of pyridine rings is 1. The van der Waals surface area contributed by atoms with Gasteiger partial charge < -0.3 is 15.2 Å². The largest absolute Gasteiger partial charge is 0.357 e. The SMILES string of the molecule is CCNC(=NCc1nccn1CC(C)C)NC1CCN(Cc2ccccn2)CC1.I. The number of hydrogen-bond donors (Lipinski definition) is 2. The molecule has 3 heterocycles. The third kappa shape index (κ3) is 7.86. The molecule has 1 fully saturated rings. The van der Waals surface area contributed by atoms with Crippen LogP contribution >= 0.6 is 24.0 Å². The number of aromatic nitrogens is 3. The lowest BCUT2D eigenvalue weighted by Gasteiger charge is -2.32. The molecule has 3 rings (SSSR count). The van der Waals surface area contributed by atoms with E-state index in [-0.39, 0.29) is 24.0 Å². The maximum atomic E-state index is 4.79. The number of piperidine rings is 1. The van der Waals surface area contributed by atoms with Crippen molar-refractivity contribution in [2.45, 2.75) is 59.3 Å². The molecule has 1 aliphatic rings. The molecule has 2 aromatic heterocycles. The van der Waals surface area contributed by atoms with Gasteiger partial charge in [-0.2, -0.15) is 0 Å².